The van der Waals surface area contributed by atoms with Gasteiger partial charge in [-0.15, -0.1) is 0 Å². The molecule has 0 saturated carbocycles. The van der Waals surface area contributed by atoms with Crippen LogP contribution in [0.5, 0.6) is 0 Å². The largest absolute Gasteiger partial charge is 0.326 e. The van der Waals surface area contributed by atoms with E-state index in [9.17, 15) is 9.18 Å². The van der Waals surface area contributed by atoms with Gasteiger partial charge in [-0.3, -0.25) is 9.47 Å². The van der Waals surface area contributed by atoms with Crippen LogP contribution < -0.4 is 5.69 Å². The number of rotatable bonds is 3. The Labute approximate surface area is 153 Å². The Morgan fingerprint density at radius 2 is 1.92 bits per heavy atom. The zero-order valence-electron chi connectivity index (χ0n) is 13.7. The van der Waals surface area contributed by atoms with Crippen molar-refractivity contribution >= 4 is 27.0 Å². The van der Waals surface area contributed by atoms with Crippen molar-refractivity contribution in [3.63, 3.8) is 0 Å². The first-order valence-electron chi connectivity index (χ1n) is 8.47. The van der Waals surface area contributed by atoms with Crippen LogP contribution in [0, 0.1) is 5.82 Å². The van der Waals surface area contributed by atoms with E-state index in [1.165, 1.54) is 6.07 Å². The van der Waals surface area contributed by atoms with Gasteiger partial charge in [-0.05, 0) is 58.6 Å². The van der Waals surface area contributed by atoms with Crippen molar-refractivity contribution in [2.45, 2.75) is 25.4 Å². The van der Waals surface area contributed by atoms with Gasteiger partial charge < -0.3 is 4.98 Å². The highest BCUT2D eigenvalue weighted by molar-refractivity contribution is 9.10. The topological polar surface area (TPSA) is 41.0 Å². The van der Waals surface area contributed by atoms with Gasteiger partial charge in [0.25, 0.3) is 0 Å². The first-order valence-corrected chi connectivity index (χ1v) is 9.26. The number of piperidine rings is 1. The van der Waals surface area contributed by atoms with Gasteiger partial charge in [-0.25, -0.2) is 9.18 Å². The van der Waals surface area contributed by atoms with E-state index in [1.54, 1.807) is 0 Å². The van der Waals surface area contributed by atoms with E-state index < -0.39 is 0 Å². The van der Waals surface area contributed by atoms with Crippen molar-refractivity contribution < 1.29 is 4.39 Å². The van der Waals surface area contributed by atoms with E-state index in [4.69, 9.17) is 0 Å². The lowest BCUT2D eigenvalue weighted by atomic mass is 10.0. The molecule has 0 atom stereocenters. The molecule has 1 fully saturated rings. The summed E-state index contributed by atoms with van der Waals surface area (Å²) in [6.45, 7) is 2.64. The van der Waals surface area contributed by atoms with Crippen LogP contribution in [0.4, 0.5) is 4.39 Å². The summed E-state index contributed by atoms with van der Waals surface area (Å²) in [6, 6.07) is 13.2. The van der Waals surface area contributed by atoms with Crippen LogP contribution in [-0.2, 0) is 6.54 Å². The Bertz CT molecular complexity index is 957. The summed E-state index contributed by atoms with van der Waals surface area (Å²) in [6.07, 6.45) is 1.87. The molecule has 25 heavy (non-hydrogen) atoms. The predicted octanol–water partition coefficient (Wildman–Crippen LogP) is 4.07. The van der Waals surface area contributed by atoms with E-state index in [0.717, 1.165) is 49.1 Å². The standard InChI is InChI=1S/C19H19BrFN3O/c20-15-11-13(5-6-16(15)21)12-23-9-7-14(8-10-23)24-18-4-2-1-3-17(18)22-19(24)25/h1-6,11,14H,7-10,12H2,(H,22,25). The number of hydrogen-bond acceptors (Lipinski definition) is 2. The smallest absolute Gasteiger partial charge is 0.306 e. The number of likely N-dealkylation sites (tertiary alicyclic amines) is 1. The van der Waals surface area contributed by atoms with Gasteiger partial charge in [0.15, 0.2) is 0 Å². The van der Waals surface area contributed by atoms with E-state index in [0.29, 0.717) is 4.47 Å². The monoisotopic (exact) mass is 403 g/mol. The molecule has 2 aromatic carbocycles. The highest BCUT2D eigenvalue weighted by atomic mass is 79.9. The van der Waals surface area contributed by atoms with Gasteiger partial charge in [-0.2, -0.15) is 0 Å². The van der Waals surface area contributed by atoms with Gasteiger partial charge in [-0.1, -0.05) is 18.2 Å². The molecule has 1 saturated heterocycles. The number of para-hydroxylation sites is 2. The number of nitrogens with zero attached hydrogens (tertiary/aromatic N) is 2. The summed E-state index contributed by atoms with van der Waals surface area (Å²) in [5, 5.41) is 0. The third-order valence-electron chi connectivity index (χ3n) is 4.94. The highest BCUT2D eigenvalue weighted by Crippen LogP contribution is 2.26. The lowest BCUT2D eigenvalue weighted by Crippen LogP contribution is -2.36. The maximum absolute atomic E-state index is 13.4. The normalized spacial score (nSPS) is 16.6. The Kier molecular flexibility index (Phi) is 4.48. The van der Waals surface area contributed by atoms with Crippen LogP contribution in [0.1, 0.15) is 24.4 Å². The Balaban J connectivity index is 1.47. The number of aromatic nitrogens is 2. The molecule has 0 aliphatic carbocycles. The number of nitrogens with one attached hydrogen (secondary N) is 1. The minimum Gasteiger partial charge on any atom is -0.306 e. The Morgan fingerprint density at radius 3 is 2.68 bits per heavy atom. The number of halogens is 2. The molecule has 0 bridgehead atoms. The predicted molar refractivity (Wildman–Crippen MR) is 100 cm³/mol. The summed E-state index contributed by atoms with van der Waals surface area (Å²) >= 11 is 3.24. The van der Waals surface area contributed by atoms with Gasteiger partial charge in [0.2, 0.25) is 0 Å². The minimum atomic E-state index is -0.235. The maximum atomic E-state index is 13.4. The van der Waals surface area contributed by atoms with Crippen LogP contribution in [0.15, 0.2) is 51.7 Å². The van der Waals surface area contributed by atoms with Crippen molar-refractivity contribution in [2.24, 2.45) is 0 Å². The SMILES string of the molecule is O=c1[nH]c2ccccc2n1C1CCN(Cc2ccc(F)c(Br)c2)CC1. The third kappa shape index (κ3) is 3.28. The first-order chi connectivity index (χ1) is 12.1. The zero-order chi connectivity index (χ0) is 17.4. The summed E-state index contributed by atoms with van der Waals surface area (Å²) in [4.78, 5) is 17.6. The quantitative estimate of drug-likeness (QED) is 0.715. The van der Waals surface area contributed by atoms with Crippen molar-refractivity contribution in [1.82, 2.24) is 14.5 Å². The number of benzene rings is 2. The molecule has 4 nitrogen and oxygen atoms in total. The fraction of sp³-hybridized carbons (Fsp3) is 0.316. The molecule has 0 radical (unpaired) electrons. The van der Waals surface area contributed by atoms with Crippen LogP contribution >= 0.6 is 15.9 Å². The number of fused-ring (bicyclic) bond motifs is 1. The van der Waals surface area contributed by atoms with Crippen LogP contribution in [0.25, 0.3) is 11.0 Å². The fourth-order valence-corrected chi connectivity index (χ4v) is 4.09. The van der Waals surface area contributed by atoms with Gasteiger partial charge in [0.05, 0.1) is 15.5 Å². The first kappa shape index (κ1) is 16.5. The maximum Gasteiger partial charge on any atom is 0.326 e. The lowest BCUT2D eigenvalue weighted by Gasteiger charge is -2.32. The molecule has 130 valence electrons. The van der Waals surface area contributed by atoms with Crippen LogP contribution in [0.2, 0.25) is 0 Å². The molecule has 0 spiro atoms. The molecule has 1 aliphatic rings. The summed E-state index contributed by atoms with van der Waals surface area (Å²) < 4.78 is 15.8. The average molecular weight is 404 g/mol. The van der Waals surface area contributed by atoms with E-state index in [-0.39, 0.29) is 17.5 Å². The highest BCUT2D eigenvalue weighted by Gasteiger charge is 2.23. The second-order valence-electron chi connectivity index (χ2n) is 6.57. The third-order valence-corrected chi connectivity index (χ3v) is 5.54. The molecule has 2 heterocycles. The Hall–Kier alpha value is -1.92. The molecular weight excluding hydrogens is 385 g/mol. The fourth-order valence-electron chi connectivity index (χ4n) is 3.67. The molecule has 1 N–H and O–H groups in total. The second-order valence-corrected chi connectivity index (χ2v) is 7.43. The number of hydrogen-bond donors (Lipinski definition) is 1. The Morgan fingerprint density at radius 1 is 1.16 bits per heavy atom. The molecule has 3 aromatic rings. The average Bonchev–Trinajstić information content (AvgIpc) is 2.95. The van der Waals surface area contributed by atoms with Crippen molar-refractivity contribution in [3.8, 4) is 0 Å². The number of H-pyrrole nitrogens is 1. The minimum absolute atomic E-state index is 0.0258. The zero-order valence-corrected chi connectivity index (χ0v) is 15.3. The molecule has 0 amide bonds. The second kappa shape index (κ2) is 6.77. The molecule has 1 aromatic heterocycles. The number of imidazole rings is 1. The van der Waals surface area contributed by atoms with Crippen molar-refractivity contribution in [2.75, 3.05) is 13.1 Å². The van der Waals surface area contributed by atoms with Gasteiger partial charge in [0.1, 0.15) is 5.82 Å². The van der Waals surface area contributed by atoms with E-state index in [1.807, 2.05) is 41.0 Å². The van der Waals surface area contributed by atoms with Crippen molar-refractivity contribution in [1.29, 1.82) is 0 Å². The molecular formula is C19H19BrFN3O. The molecule has 1 aliphatic heterocycles. The van der Waals surface area contributed by atoms with Gasteiger partial charge in [0, 0.05) is 25.7 Å². The number of aromatic amines is 1. The molecule has 4 rings (SSSR count). The molecule has 0 unspecified atom stereocenters. The van der Waals surface area contributed by atoms with Gasteiger partial charge >= 0.3 is 5.69 Å². The van der Waals surface area contributed by atoms with E-state index >= 15 is 0 Å². The van der Waals surface area contributed by atoms with Crippen LogP contribution in [-0.4, -0.2) is 27.5 Å². The lowest BCUT2D eigenvalue weighted by molar-refractivity contribution is 0.180. The summed E-state index contributed by atoms with van der Waals surface area (Å²) in [7, 11) is 0. The van der Waals surface area contributed by atoms with Crippen molar-refractivity contribution in [3.05, 3.63) is 68.8 Å². The molecule has 6 heteroatoms. The summed E-state index contributed by atoms with van der Waals surface area (Å²) in [5.41, 5.74) is 2.94. The van der Waals surface area contributed by atoms with Crippen LogP contribution in [0.3, 0.4) is 0 Å². The van der Waals surface area contributed by atoms with E-state index in [2.05, 4.69) is 25.8 Å². The summed E-state index contributed by atoms with van der Waals surface area (Å²) in [5.74, 6) is -0.235.